The molecule has 3 N–H and O–H groups in total. The van der Waals surface area contributed by atoms with E-state index in [1.165, 1.54) is 0 Å². The molecule has 1 aliphatic rings. The third-order valence-electron chi connectivity index (χ3n) is 3.72. The lowest BCUT2D eigenvalue weighted by atomic mass is 9.93. The zero-order valence-electron chi connectivity index (χ0n) is 11.2. The maximum Gasteiger partial charge on any atom is 0.251 e. The van der Waals surface area contributed by atoms with Gasteiger partial charge in [0.05, 0.1) is 6.04 Å². The van der Waals surface area contributed by atoms with Crippen molar-refractivity contribution in [1.29, 1.82) is 0 Å². The first-order chi connectivity index (χ1) is 10.1. The van der Waals surface area contributed by atoms with Crippen LogP contribution in [-0.4, -0.2) is 12.5 Å². The minimum Gasteiger partial charge on any atom is -0.352 e. The summed E-state index contributed by atoms with van der Waals surface area (Å²) in [4.78, 5) is 11.9. The quantitative estimate of drug-likeness (QED) is 0.856. The summed E-state index contributed by atoms with van der Waals surface area (Å²) in [5.74, 6) is -0.0350. The molecule has 0 bridgehead atoms. The standard InChI is InChI=1S/C16H14BrClN2O/c17-11-3-4-12(14(18)8-11)15(19)10-2-1-9-5-6-20-16(21)13(9)7-10/h1-4,7-8,15H,5-6,19H2,(H,20,21). The summed E-state index contributed by atoms with van der Waals surface area (Å²) >= 11 is 9.64. The van der Waals surface area contributed by atoms with Crippen molar-refractivity contribution in [3.63, 3.8) is 0 Å². The number of carbonyl (C=O) groups excluding carboxylic acids is 1. The number of carbonyl (C=O) groups is 1. The first-order valence-electron chi connectivity index (χ1n) is 6.68. The Morgan fingerprint density at radius 3 is 2.81 bits per heavy atom. The molecule has 1 atom stereocenters. The van der Waals surface area contributed by atoms with Crippen LogP contribution in [0, 0.1) is 0 Å². The highest BCUT2D eigenvalue weighted by molar-refractivity contribution is 9.10. The number of fused-ring (bicyclic) bond motifs is 1. The van der Waals surface area contributed by atoms with E-state index in [1.807, 2.05) is 36.4 Å². The maximum atomic E-state index is 11.9. The summed E-state index contributed by atoms with van der Waals surface area (Å²) in [5.41, 5.74) is 9.82. The molecule has 2 aromatic rings. The molecule has 108 valence electrons. The second-order valence-electron chi connectivity index (χ2n) is 5.07. The van der Waals surface area contributed by atoms with E-state index >= 15 is 0 Å². The number of nitrogens with two attached hydrogens (primary N) is 1. The van der Waals surface area contributed by atoms with E-state index in [0.29, 0.717) is 17.1 Å². The Balaban J connectivity index is 2.00. The molecule has 21 heavy (non-hydrogen) atoms. The van der Waals surface area contributed by atoms with Crippen LogP contribution in [0.1, 0.15) is 33.1 Å². The zero-order chi connectivity index (χ0) is 15.0. The number of nitrogens with one attached hydrogen (secondary N) is 1. The van der Waals surface area contributed by atoms with Crippen molar-refractivity contribution < 1.29 is 4.79 Å². The van der Waals surface area contributed by atoms with Gasteiger partial charge in [0.1, 0.15) is 0 Å². The van der Waals surface area contributed by atoms with E-state index in [4.69, 9.17) is 17.3 Å². The lowest BCUT2D eigenvalue weighted by Crippen LogP contribution is -2.32. The van der Waals surface area contributed by atoms with Gasteiger partial charge in [-0.05, 0) is 41.3 Å². The highest BCUT2D eigenvalue weighted by Gasteiger charge is 2.19. The summed E-state index contributed by atoms with van der Waals surface area (Å²) in [6.45, 7) is 0.690. The van der Waals surface area contributed by atoms with Gasteiger partial charge < -0.3 is 11.1 Å². The third-order valence-corrected chi connectivity index (χ3v) is 4.54. The van der Waals surface area contributed by atoms with Crippen LogP contribution in [0.2, 0.25) is 5.02 Å². The minimum absolute atomic E-state index is 0.0350. The Bertz CT molecular complexity index is 717. The van der Waals surface area contributed by atoms with E-state index in [2.05, 4.69) is 21.2 Å². The lowest BCUT2D eigenvalue weighted by Gasteiger charge is -2.20. The van der Waals surface area contributed by atoms with Crippen LogP contribution in [0.5, 0.6) is 0 Å². The van der Waals surface area contributed by atoms with Crippen molar-refractivity contribution in [1.82, 2.24) is 5.32 Å². The molecule has 0 aliphatic carbocycles. The molecule has 3 nitrogen and oxygen atoms in total. The largest absolute Gasteiger partial charge is 0.352 e. The summed E-state index contributed by atoms with van der Waals surface area (Å²) < 4.78 is 0.910. The molecule has 0 fully saturated rings. The predicted molar refractivity (Wildman–Crippen MR) is 87.7 cm³/mol. The third kappa shape index (κ3) is 2.84. The van der Waals surface area contributed by atoms with Crippen LogP contribution in [0.25, 0.3) is 0 Å². The van der Waals surface area contributed by atoms with E-state index in [1.54, 1.807) is 0 Å². The molecule has 0 saturated heterocycles. The van der Waals surface area contributed by atoms with Gasteiger partial charge in [-0.3, -0.25) is 4.79 Å². The van der Waals surface area contributed by atoms with Crippen molar-refractivity contribution in [2.45, 2.75) is 12.5 Å². The Morgan fingerprint density at radius 1 is 1.24 bits per heavy atom. The Hall–Kier alpha value is -1.36. The second kappa shape index (κ2) is 5.79. The first-order valence-corrected chi connectivity index (χ1v) is 7.85. The fraction of sp³-hybridized carbons (Fsp3) is 0.188. The molecule has 2 aromatic carbocycles. The van der Waals surface area contributed by atoms with E-state index < -0.39 is 0 Å². The molecule has 0 radical (unpaired) electrons. The topological polar surface area (TPSA) is 55.1 Å². The van der Waals surface area contributed by atoms with Crippen LogP contribution in [0.15, 0.2) is 40.9 Å². The Kier molecular flexibility index (Phi) is 4.02. The second-order valence-corrected chi connectivity index (χ2v) is 6.39. The molecule has 0 saturated carbocycles. The van der Waals surface area contributed by atoms with Gasteiger partial charge in [-0.1, -0.05) is 45.7 Å². The monoisotopic (exact) mass is 364 g/mol. The Morgan fingerprint density at radius 2 is 2.05 bits per heavy atom. The number of hydrogen-bond acceptors (Lipinski definition) is 2. The number of halogens is 2. The van der Waals surface area contributed by atoms with E-state index in [9.17, 15) is 4.79 Å². The number of benzene rings is 2. The van der Waals surface area contributed by atoms with Gasteiger partial charge in [-0.2, -0.15) is 0 Å². The molecule has 5 heteroatoms. The number of amides is 1. The molecule has 1 heterocycles. The number of rotatable bonds is 2. The van der Waals surface area contributed by atoms with Crippen LogP contribution >= 0.6 is 27.5 Å². The van der Waals surface area contributed by atoms with Gasteiger partial charge >= 0.3 is 0 Å². The molecular weight excluding hydrogens is 352 g/mol. The number of hydrogen-bond donors (Lipinski definition) is 2. The SMILES string of the molecule is NC(c1ccc2c(c1)C(=O)NCC2)c1ccc(Br)cc1Cl. The van der Waals surface area contributed by atoms with Gasteiger partial charge in [0, 0.05) is 21.6 Å². The van der Waals surface area contributed by atoms with Gasteiger partial charge in [-0.25, -0.2) is 0 Å². The van der Waals surface area contributed by atoms with Gasteiger partial charge in [0.25, 0.3) is 5.91 Å². The molecule has 1 unspecified atom stereocenters. The van der Waals surface area contributed by atoms with Gasteiger partial charge in [-0.15, -0.1) is 0 Å². The lowest BCUT2D eigenvalue weighted by molar-refractivity contribution is 0.0946. The van der Waals surface area contributed by atoms with Crippen LogP contribution in [0.3, 0.4) is 0 Å². The fourth-order valence-corrected chi connectivity index (χ4v) is 3.35. The van der Waals surface area contributed by atoms with Crippen molar-refractivity contribution in [2.75, 3.05) is 6.54 Å². The molecule has 0 aromatic heterocycles. The first kappa shape index (κ1) is 14.6. The maximum absolute atomic E-state index is 11.9. The van der Waals surface area contributed by atoms with Crippen molar-refractivity contribution in [3.05, 3.63) is 68.1 Å². The molecule has 3 rings (SSSR count). The zero-order valence-corrected chi connectivity index (χ0v) is 13.5. The van der Waals surface area contributed by atoms with E-state index in [-0.39, 0.29) is 11.9 Å². The minimum atomic E-state index is -0.356. The molecule has 1 aliphatic heterocycles. The Labute approximate surface area is 136 Å². The smallest absolute Gasteiger partial charge is 0.251 e. The fourth-order valence-electron chi connectivity index (χ4n) is 2.56. The highest BCUT2D eigenvalue weighted by atomic mass is 79.9. The van der Waals surface area contributed by atoms with Gasteiger partial charge in [0.15, 0.2) is 0 Å². The summed E-state index contributed by atoms with van der Waals surface area (Å²) in [5, 5.41) is 3.46. The van der Waals surface area contributed by atoms with Crippen LogP contribution in [0.4, 0.5) is 0 Å². The summed E-state index contributed by atoms with van der Waals surface area (Å²) in [6, 6.07) is 11.1. The average molecular weight is 366 g/mol. The van der Waals surface area contributed by atoms with Crippen LogP contribution < -0.4 is 11.1 Å². The van der Waals surface area contributed by atoms with Crippen LogP contribution in [-0.2, 0) is 6.42 Å². The summed E-state index contributed by atoms with van der Waals surface area (Å²) in [6.07, 6.45) is 0.857. The average Bonchev–Trinajstić information content (AvgIpc) is 2.47. The molecular formula is C16H14BrClN2O. The normalized spacial score (nSPS) is 15.3. The van der Waals surface area contributed by atoms with E-state index in [0.717, 1.165) is 27.6 Å². The molecule has 1 amide bonds. The predicted octanol–water partition coefficient (Wildman–Crippen LogP) is 3.44. The van der Waals surface area contributed by atoms with Crippen molar-refractivity contribution in [3.8, 4) is 0 Å². The summed E-state index contributed by atoms with van der Waals surface area (Å²) in [7, 11) is 0. The highest BCUT2D eigenvalue weighted by Crippen LogP contribution is 2.30. The molecule has 0 spiro atoms. The van der Waals surface area contributed by atoms with Gasteiger partial charge in [0.2, 0.25) is 0 Å². The van der Waals surface area contributed by atoms with Crippen molar-refractivity contribution >= 4 is 33.4 Å². The van der Waals surface area contributed by atoms with Crippen molar-refractivity contribution in [2.24, 2.45) is 5.73 Å².